The summed E-state index contributed by atoms with van der Waals surface area (Å²) in [4.78, 5) is 41.3. The number of amides is 3. The van der Waals surface area contributed by atoms with Crippen molar-refractivity contribution in [2.45, 2.75) is 105 Å². The van der Waals surface area contributed by atoms with Crippen LogP contribution in [0.2, 0.25) is 0 Å². The largest absolute Gasteiger partial charge is 0.508 e. The molecular weight excluding hydrogens is 434 g/mol. The van der Waals surface area contributed by atoms with Crippen molar-refractivity contribution < 1.29 is 24.2 Å². The second-order valence-electron chi connectivity index (χ2n) is 10.4. The van der Waals surface area contributed by atoms with Gasteiger partial charge in [0.1, 0.15) is 23.4 Å². The van der Waals surface area contributed by atoms with Crippen LogP contribution in [0, 0.1) is 5.92 Å². The molecule has 3 unspecified atom stereocenters. The van der Waals surface area contributed by atoms with Gasteiger partial charge in [0.25, 0.3) is 0 Å². The Bertz CT molecular complexity index is 832. The van der Waals surface area contributed by atoms with Gasteiger partial charge in [0.15, 0.2) is 0 Å². The normalized spacial score (nSPS) is 14.3. The molecule has 0 spiro atoms. The average molecular weight is 478 g/mol. The molecule has 1 aromatic rings. The molecule has 0 fully saturated rings. The number of hydrogen-bond donors (Lipinski definition) is 3. The molecule has 3 amide bonds. The first-order valence-electron chi connectivity index (χ1n) is 12.1. The van der Waals surface area contributed by atoms with Crippen molar-refractivity contribution in [1.29, 1.82) is 0 Å². The Morgan fingerprint density at radius 3 is 2.09 bits per heavy atom. The fourth-order valence-electron chi connectivity index (χ4n) is 3.75. The third-order valence-electron chi connectivity index (χ3n) is 5.28. The second kappa shape index (κ2) is 12.6. The fraction of sp³-hybridized carbons (Fsp3) is 0.654. The molecule has 0 aromatic heterocycles. The Morgan fingerprint density at radius 1 is 1.03 bits per heavy atom. The number of rotatable bonds is 10. The van der Waals surface area contributed by atoms with Crippen LogP contribution in [0.4, 0.5) is 4.79 Å². The smallest absolute Gasteiger partial charge is 0.408 e. The highest BCUT2D eigenvalue weighted by Crippen LogP contribution is 2.32. The number of hydrogen-bond acceptors (Lipinski definition) is 5. The minimum atomic E-state index is -1.07. The summed E-state index contributed by atoms with van der Waals surface area (Å²) in [5.74, 6) is -1.16. The number of phenolic OH excluding ortho intramolecular Hbond substituents is 1. The number of aromatic hydroxyl groups is 1. The third kappa shape index (κ3) is 8.54. The molecule has 0 aliphatic carbocycles. The highest BCUT2D eigenvalue weighted by atomic mass is 16.6. The van der Waals surface area contributed by atoms with Crippen molar-refractivity contribution >= 4 is 17.9 Å². The summed E-state index contributed by atoms with van der Waals surface area (Å²) in [6, 6.07) is 4.01. The Hall–Kier alpha value is -2.77. The summed E-state index contributed by atoms with van der Waals surface area (Å²) in [6.07, 6.45) is 0.970. The lowest BCUT2D eigenvalue weighted by Crippen LogP contribution is -2.57. The molecular formula is C26H43N3O5. The zero-order valence-electron chi connectivity index (χ0n) is 22.1. The highest BCUT2D eigenvalue weighted by Gasteiger charge is 2.40. The van der Waals surface area contributed by atoms with Crippen molar-refractivity contribution in [3.8, 4) is 5.75 Å². The van der Waals surface area contributed by atoms with Crippen molar-refractivity contribution in [1.82, 2.24) is 15.5 Å². The van der Waals surface area contributed by atoms with Crippen molar-refractivity contribution in [2.24, 2.45) is 5.92 Å². The Morgan fingerprint density at radius 2 is 1.62 bits per heavy atom. The molecule has 8 heteroatoms. The zero-order chi connectivity index (χ0) is 26.2. The van der Waals surface area contributed by atoms with Gasteiger partial charge in [-0.25, -0.2) is 4.79 Å². The average Bonchev–Trinajstić information content (AvgIpc) is 2.68. The maximum Gasteiger partial charge on any atom is 0.408 e. The molecule has 0 aliphatic rings. The van der Waals surface area contributed by atoms with Gasteiger partial charge < -0.3 is 25.4 Å². The summed E-state index contributed by atoms with van der Waals surface area (Å²) in [7, 11) is 0. The van der Waals surface area contributed by atoms with Crippen LogP contribution >= 0.6 is 0 Å². The van der Waals surface area contributed by atoms with Crippen molar-refractivity contribution in [3.05, 3.63) is 29.8 Å². The molecule has 0 aliphatic heterocycles. The van der Waals surface area contributed by atoms with Gasteiger partial charge in [-0.2, -0.15) is 0 Å². The van der Waals surface area contributed by atoms with E-state index < -0.39 is 35.7 Å². The van der Waals surface area contributed by atoms with Gasteiger partial charge in [-0.3, -0.25) is 9.59 Å². The van der Waals surface area contributed by atoms with Crippen LogP contribution in [-0.4, -0.2) is 51.6 Å². The van der Waals surface area contributed by atoms with E-state index in [1.807, 2.05) is 27.7 Å². The van der Waals surface area contributed by atoms with Gasteiger partial charge in [-0.1, -0.05) is 45.4 Å². The minimum Gasteiger partial charge on any atom is -0.508 e. The number of phenols is 1. The quantitative estimate of drug-likeness (QED) is 0.459. The first-order chi connectivity index (χ1) is 15.7. The van der Waals surface area contributed by atoms with Gasteiger partial charge in [-0.15, -0.1) is 0 Å². The fourth-order valence-corrected chi connectivity index (χ4v) is 3.75. The highest BCUT2D eigenvalue weighted by molar-refractivity contribution is 5.93. The molecule has 0 saturated heterocycles. The number of carbonyl (C=O) groups is 3. The number of para-hydroxylation sites is 1. The van der Waals surface area contributed by atoms with E-state index >= 15 is 0 Å². The molecule has 0 saturated carbocycles. The summed E-state index contributed by atoms with van der Waals surface area (Å²) >= 11 is 0. The van der Waals surface area contributed by atoms with E-state index in [4.69, 9.17) is 4.74 Å². The number of ether oxygens (including phenoxy) is 1. The number of nitrogens with one attached hydrogen (secondary N) is 2. The van der Waals surface area contributed by atoms with Gasteiger partial charge >= 0.3 is 6.09 Å². The molecule has 1 rings (SSSR count). The van der Waals surface area contributed by atoms with Crippen LogP contribution in [0.1, 0.15) is 86.8 Å². The van der Waals surface area contributed by atoms with Crippen molar-refractivity contribution in [3.63, 3.8) is 0 Å². The van der Waals surface area contributed by atoms with E-state index in [-0.39, 0.29) is 23.6 Å². The topological polar surface area (TPSA) is 108 Å². The SMILES string of the molecule is CCCC(C)NC(=O)C(c1ccccc1O)N(C(=O)C(NC(=O)OC(C)(C)C)C(C)C)C(C)C. The van der Waals surface area contributed by atoms with Gasteiger partial charge in [0.05, 0.1) is 0 Å². The van der Waals surface area contributed by atoms with Crippen LogP contribution in [0.25, 0.3) is 0 Å². The number of alkyl carbamates (subject to hydrolysis) is 1. The number of carbonyl (C=O) groups excluding carboxylic acids is 3. The maximum atomic E-state index is 13.9. The van der Waals surface area contributed by atoms with E-state index in [1.54, 1.807) is 52.8 Å². The van der Waals surface area contributed by atoms with E-state index in [2.05, 4.69) is 10.6 Å². The zero-order valence-corrected chi connectivity index (χ0v) is 22.1. The summed E-state index contributed by atoms with van der Waals surface area (Å²) in [5, 5.41) is 16.3. The predicted octanol–water partition coefficient (Wildman–Crippen LogP) is 4.52. The minimum absolute atomic E-state index is 0.0783. The third-order valence-corrected chi connectivity index (χ3v) is 5.28. The summed E-state index contributed by atoms with van der Waals surface area (Å²) in [6.45, 7) is 16.4. The van der Waals surface area contributed by atoms with Crippen LogP contribution in [-0.2, 0) is 14.3 Å². The van der Waals surface area contributed by atoms with E-state index in [0.717, 1.165) is 12.8 Å². The van der Waals surface area contributed by atoms with Gasteiger partial charge in [-0.05, 0) is 59.9 Å². The summed E-state index contributed by atoms with van der Waals surface area (Å²) < 4.78 is 5.36. The lowest BCUT2D eigenvalue weighted by molar-refractivity contribution is -0.145. The second-order valence-corrected chi connectivity index (χ2v) is 10.4. The van der Waals surface area contributed by atoms with E-state index in [1.165, 1.54) is 11.0 Å². The molecule has 192 valence electrons. The standard InChI is InChI=1S/C26H43N3O5/c1-10-13-18(6)27-23(31)22(19-14-11-12-15-20(19)30)29(17(4)5)24(32)21(16(2)3)28-25(33)34-26(7,8)9/h11-12,14-18,21-22,30H,10,13H2,1-9H3,(H,27,31)(H,28,33). The van der Waals surface area contributed by atoms with E-state index in [9.17, 15) is 19.5 Å². The molecule has 1 aromatic carbocycles. The lowest BCUT2D eigenvalue weighted by atomic mass is 9.96. The Balaban J connectivity index is 3.45. The van der Waals surface area contributed by atoms with Crippen LogP contribution < -0.4 is 10.6 Å². The number of benzene rings is 1. The molecule has 0 radical (unpaired) electrons. The van der Waals surface area contributed by atoms with E-state index in [0.29, 0.717) is 5.56 Å². The first kappa shape index (κ1) is 29.3. The predicted molar refractivity (Wildman–Crippen MR) is 133 cm³/mol. The first-order valence-corrected chi connectivity index (χ1v) is 12.1. The maximum absolute atomic E-state index is 13.9. The molecule has 3 atom stereocenters. The van der Waals surface area contributed by atoms with Crippen LogP contribution in [0.15, 0.2) is 24.3 Å². The molecule has 3 N–H and O–H groups in total. The lowest BCUT2D eigenvalue weighted by Gasteiger charge is -2.38. The van der Waals surface area contributed by atoms with Gasteiger partial charge in [0.2, 0.25) is 11.8 Å². The number of nitrogens with zero attached hydrogens (tertiary/aromatic N) is 1. The van der Waals surface area contributed by atoms with Crippen LogP contribution in [0.5, 0.6) is 5.75 Å². The Kier molecular flexibility index (Phi) is 10.9. The Labute approximate surface area is 204 Å². The van der Waals surface area contributed by atoms with Crippen molar-refractivity contribution in [2.75, 3.05) is 0 Å². The van der Waals surface area contributed by atoms with Crippen LogP contribution in [0.3, 0.4) is 0 Å². The monoisotopic (exact) mass is 477 g/mol. The van der Waals surface area contributed by atoms with Gasteiger partial charge in [0, 0.05) is 17.6 Å². The summed E-state index contributed by atoms with van der Waals surface area (Å²) in [5.41, 5.74) is -0.398. The molecule has 8 nitrogen and oxygen atoms in total. The molecule has 0 bridgehead atoms. The molecule has 0 heterocycles. The molecule has 34 heavy (non-hydrogen) atoms.